The van der Waals surface area contributed by atoms with Crippen LogP contribution in [0.4, 0.5) is 0 Å². The summed E-state index contributed by atoms with van der Waals surface area (Å²) in [5, 5.41) is 18.0. The first-order valence-corrected chi connectivity index (χ1v) is 13.2. The van der Waals surface area contributed by atoms with E-state index in [1.807, 2.05) is 45.0 Å². The van der Waals surface area contributed by atoms with Crippen molar-refractivity contribution in [1.29, 1.82) is 0 Å². The molecule has 0 saturated heterocycles. The van der Waals surface area contributed by atoms with Gasteiger partial charge in [0.2, 0.25) is 17.6 Å². The maximum absolute atomic E-state index is 13.2. The summed E-state index contributed by atoms with van der Waals surface area (Å²) >= 11 is 0. The van der Waals surface area contributed by atoms with Gasteiger partial charge in [-0.25, -0.2) is 4.79 Å². The van der Waals surface area contributed by atoms with E-state index < -0.39 is 47.6 Å². The molecule has 10 nitrogen and oxygen atoms in total. The average Bonchev–Trinajstić information content (AvgIpc) is 3.26. The highest BCUT2D eigenvalue weighted by atomic mass is 16.4. The number of hydrogen-bond acceptors (Lipinski definition) is 5. The molecule has 3 amide bonds. The Hall–Kier alpha value is -3.69. The average molecular weight is 529 g/mol. The largest absolute Gasteiger partial charge is 0.480 e. The van der Waals surface area contributed by atoms with Gasteiger partial charge in [0.25, 0.3) is 5.91 Å². The Balaban J connectivity index is 2.13. The van der Waals surface area contributed by atoms with Gasteiger partial charge >= 0.3 is 5.97 Å². The van der Waals surface area contributed by atoms with Crippen LogP contribution in [0, 0.1) is 11.8 Å². The number of carboxylic acid groups (broad SMARTS) is 1. The molecule has 0 fully saturated rings. The number of Topliss-reactive ketones (excluding diaryl/α,β-unsaturated/α-hetero) is 1. The maximum Gasteiger partial charge on any atom is 0.326 e. The van der Waals surface area contributed by atoms with Crippen LogP contribution in [0.15, 0.2) is 30.5 Å². The van der Waals surface area contributed by atoms with Crippen molar-refractivity contribution in [1.82, 2.24) is 20.9 Å². The number of ketones is 1. The second kappa shape index (κ2) is 14.3. The van der Waals surface area contributed by atoms with Crippen LogP contribution in [-0.2, 0) is 30.4 Å². The molecule has 10 heteroatoms. The second-order valence-electron chi connectivity index (χ2n) is 10.4. The van der Waals surface area contributed by atoms with Crippen LogP contribution in [0.2, 0.25) is 0 Å². The molecule has 0 aliphatic heterocycles. The second-order valence-corrected chi connectivity index (χ2v) is 10.4. The molecule has 1 heterocycles. The third-order valence-corrected chi connectivity index (χ3v) is 6.32. The Labute approximate surface area is 223 Å². The zero-order valence-electron chi connectivity index (χ0n) is 22.8. The molecule has 208 valence electrons. The van der Waals surface area contributed by atoms with E-state index >= 15 is 0 Å². The molecule has 0 radical (unpaired) electrons. The number of carbonyl (C=O) groups is 5. The van der Waals surface area contributed by atoms with Crippen LogP contribution in [0.5, 0.6) is 0 Å². The number of amides is 3. The Bertz CT molecular complexity index is 1140. The Morgan fingerprint density at radius 1 is 0.921 bits per heavy atom. The van der Waals surface area contributed by atoms with Gasteiger partial charge in [0.15, 0.2) is 0 Å². The summed E-state index contributed by atoms with van der Waals surface area (Å²) in [7, 11) is 0. The first kappa shape index (κ1) is 30.5. The molecule has 0 bridgehead atoms. The molecule has 0 saturated carbocycles. The minimum Gasteiger partial charge on any atom is -0.480 e. The van der Waals surface area contributed by atoms with Crippen molar-refractivity contribution < 1.29 is 29.1 Å². The van der Waals surface area contributed by atoms with Gasteiger partial charge in [0.1, 0.15) is 18.1 Å². The Morgan fingerprint density at radius 2 is 1.58 bits per heavy atom. The number of aromatic nitrogens is 1. The molecule has 3 atom stereocenters. The van der Waals surface area contributed by atoms with E-state index in [0.29, 0.717) is 12.0 Å². The highest BCUT2D eigenvalue weighted by Gasteiger charge is 2.31. The molecule has 1 aromatic heterocycles. The third kappa shape index (κ3) is 8.71. The smallest absolute Gasteiger partial charge is 0.326 e. The number of para-hydroxylation sites is 1. The standard InChI is InChI=1S/C28H40N4O6/c1-6-7-11-21(30-27(36)23(33)14-18-15-29-20-12-9-8-10-19(18)20)25(34)31-22(13-16(2)3)26(35)32-24(17(4)5)28(37)38/h8-10,12,15-17,21-22,24,29H,6-7,11,13-14H2,1-5H3,(H,30,36)(H,31,34)(H,32,35)(H,37,38)/t21-,22+,24-/m1/s1. The van der Waals surface area contributed by atoms with Gasteiger partial charge in [0, 0.05) is 23.5 Å². The lowest BCUT2D eigenvalue weighted by Gasteiger charge is -2.26. The van der Waals surface area contributed by atoms with Crippen molar-refractivity contribution in [2.75, 3.05) is 0 Å². The minimum absolute atomic E-state index is 0.0230. The molecule has 5 N–H and O–H groups in total. The minimum atomic E-state index is -1.16. The number of rotatable bonds is 15. The van der Waals surface area contributed by atoms with Crippen LogP contribution >= 0.6 is 0 Å². The quantitative estimate of drug-likeness (QED) is 0.224. The molecule has 0 aliphatic carbocycles. The fourth-order valence-electron chi connectivity index (χ4n) is 4.19. The van der Waals surface area contributed by atoms with Gasteiger partial charge in [-0.2, -0.15) is 0 Å². The van der Waals surface area contributed by atoms with Crippen molar-refractivity contribution in [3.8, 4) is 0 Å². The molecule has 2 rings (SSSR count). The van der Waals surface area contributed by atoms with Crippen molar-refractivity contribution >= 4 is 40.4 Å². The normalized spacial score (nSPS) is 13.7. The molecule has 0 unspecified atom stereocenters. The highest BCUT2D eigenvalue weighted by Crippen LogP contribution is 2.18. The van der Waals surface area contributed by atoms with Crippen molar-refractivity contribution in [2.45, 2.75) is 84.8 Å². The van der Waals surface area contributed by atoms with Gasteiger partial charge in [0.05, 0.1) is 0 Å². The van der Waals surface area contributed by atoms with Crippen LogP contribution in [0.25, 0.3) is 10.9 Å². The van der Waals surface area contributed by atoms with Crippen LogP contribution in [0.1, 0.15) is 65.9 Å². The Morgan fingerprint density at radius 3 is 2.18 bits per heavy atom. The monoisotopic (exact) mass is 528 g/mol. The number of aromatic amines is 1. The number of carboxylic acids is 1. The first-order chi connectivity index (χ1) is 17.9. The van der Waals surface area contributed by atoms with E-state index in [1.54, 1.807) is 20.0 Å². The van der Waals surface area contributed by atoms with Gasteiger partial charge in [-0.15, -0.1) is 0 Å². The summed E-state index contributed by atoms with van der Waals surface area (Å²) in [6.07, 6.45) is 3.50. The number of nitrogens with one attached hydrogen (secondary N) is 4. The lowest BCUT2D eigenvalue weighted by atomic mass is 9.99. The number of aliphatic carboxylic acids is 1. The Kier molecular flexibility index (Phi) is 11.5. The number of hydrogen-bond donors (Lipinski definition) is 5. The van der Waals surface area contributed by atoms with Crippen LogP contribution < -0.4 is 16.0 Å². The SMILES string of the molecule is CCCC[C@@H](NC(=O)C(=O)Cc1c[nH]c2ccccc12)C(=O)N[C@@H](CC(C)C)C(=O)N[C@@H](C(=O)O)C(C)C. The zero-order chi connectivity index (χ0) is 28.4. The number of fused-ring (bicyclic) bond motifs is 1. The maximum atomic E-state index is 13.2. The predicted molar refractivity (Wildman–Crippen MR) is 144 cm³/mol. The fraction of sp³-hybridized carbons (Fsp3) is 0.536. The van der Waals surface area contributed by atoms with E-state index in [4.69, 9.17) is 0 Å². The molecule has 1 aromatic carbocycles. The third-order valence-electron chi connectivity index (χ3n) is 6.32. The number of benzene rings is 1. The lowest BCUT2D eigenvalue weighted by molar-refractivity contribution is -0.143. The van der Waals surface area contributed by atoms with E-state index in [0.717, 1.165) is 17.3 Å². The first-order valence-electron chi connectivity index (χ1n) is 13.2. The van der Waals surface area contributed by atoms with Gasteiger partial charge in [-0.1, -0.05) is 65.7 Å². The molecule has 2 aromatic rings. The topological polar surface area (TPSA) is 157 Å². The van der Waals surface area contributed by atoms with E-state index in [1.165, 1.54) is 0 Å². The number of unbranched alkanes of at least 4 members (excludes halogenated alkanes) is 1. The van der Waals surface area contributed by atoms with Gasteiger partial charge < -0.3 is 26.0 Å². The number of carbonyl (C=O) groups excluding carboxylic acids is 4. The number of H-pyrrole nitrogens is 1. The van der Waals surface area contributed by atoms with E-state index in [9.17, 15) is 29.1 Å². The van der Waals surface area contributed by atoms with Crippen LogP contribution in [-0.4, -0.2) is 57.7 Å². The van der Waals surface area contributed by atoms with Gasteiger partial charge in [-0.05, 0) is 36.3 Å². The van der Waals surface area contributed by atoms with Crippen molar-refractivity contribution in [3.05, 3.63) is 36.0 Å². The van der Waals surface area contributed by atoms with Gasteiger partial charge in [-0.3, -0.25) is 19.2 Å². The zero-order valence-corrected chi connectivity index (χ0v) is 22.8. The highest BCUT2D eigenvalue weighted by molar-refractivity contribution is 6.37. The summed E-state index contributed by atoms with van der Waals surface area (Å²) < 4.78 is 0. The molecule has 38 heavy (non-hydrogen) atoms. The van der Waals surface area contributed by atoms with Crippen LogP contribution in [0.3, 0.4) is 0 Å². The molecular weight excluding hydrogens is 488 g/mol. The molecule has 0 spiro atoms. The lowest BCUT2D eigenvalue weighted by Crippen LogP contribution is -2.57. The summed E-state index contributed by atoms with van der Waals surface area (Å²) in [5.41, 5.74) is 1.54. The summed E-state index contributed by atoms with van der Waals surface area (Å²) in [6, 6.07) is 4.33. The fourth-order valence-corrected chi connectivity index (χ4v) is 4.19. The van der Waals surface area contributed by atoms with Crippen molar-refractivity contribution in [2.24, 2.45) is 11.8 Å². The summed E-state index contributed by atoms with van der Waals surface area (Å²) in [5.74, 6) is -4.25. The van der Waals surface area contributed by atoms with E-state index in [2.05, 4.69) is 20.9 Å². The summed E-state index contributed by atoms with van der Waals surface area (Å²) in [4.78, 5) is 66.3. The summed E-state index contributed by atoms with van der Waals surface area (Å²) in [6.45, 7) is 9.05. The van der Waals surface area contributed by atoms with E-state index in [-0.39, 0.29) is 31.1 Å². The predicted octanol–water partition coefficient (Wildman–Crippen LogP) is 2.71. The molecular formula is C28H40N4O6. The van der Waals surface area contributed by atoms with Crippen molar-refractivity contribution in [3.63, 3.8) is 0 Å². The molecule has 0 aliphatic rings.